The summed E-state index contributed by atoms with van der Waals surface area (Å²) in [6.07, 6.45) is 3.26. The zero-order chi connectivity index (χ0) is 14.5. The Morgan fingerprint density at radius 2 is 2.05 bits per heavy atom. The van der Waals surface area contributed by atoms with Gasteiger partial charge in [0.25, 0.3) is 5.56 Å². The number of halogens is 1. The molecule has 108 valence electrons. The van der Waals surface area contributed by atoms with Gasteiger partial charge in [0.15, 0.2) is 0 Å². The van der Waals surface area contributed by atoms with Gasteiger partial charge in [-0.1, -0.05) is 25.4 Å². The molecule has 1 rings (SSSR count). The van der Waals surface area contributed by atoms with Crippen LogP contribution in [-0.4, -0.2) is 28.0 Å². The van der Waals surface area contributed by atoms with Gasteiger partial charge in [-0.2, -0.15) is 5.10 Å². The van der Waals surface area contributed by atoms with E-state index < -0.39 is 0 Å². The molecule has 0 spiro atoms. The number of aryl methyl sites for hydroxylation is 1. The number of rotatable bonds is 7. The zero-order valence-electron chi connectivity index (χ0n) is 11.7. The smallest absolute Gasteiger partial charge is 0.287 e. The molecule has 19 heavy (non-hydrogen) atoms. The highest BCUT2D eigenvalue weighted by Gasteiger charge is 2.25. The zero-order valence-corrected chi connectivity index (χ0v) is 12.5. The first-order chi connectivity index (χ1) is 9.03. The number of hydrogen-bond donors (Lipinski definition) is 2. The average Bonchev–Trinajstić information content (AvgIpc) is 2.45. The van der Waals surface area contributed by atoms with Gasteiger partial charge in [-0.3, -0.25) is 4.79 Å². The van der Waals surface area contributed by atoms with E-state index in [1.165, 1.54) is 4.68 Å². The van der Waals surface area contributed by atoms with Crippen molar-refractivity contribution in [1.29, 1.82) is 0 Å². The van der Waals surface area contributed by atoms with Crippen molar-refractivity contribution in [2.75, 3.05) is 18.5 Å². The van der Waals surface area contributed by atoms with Gasteiger partial charge in [0, 0.05) is 18.5 Å². The van der Waals surface area contributed by atoms with E-state index >= 15 is 0 Å². The first-order valence-corrected chi connectivity index (χ1v) is 7.01. The second kappa shape index (κ2) is 6.91. The van der Waals surface area contributed by atoms with Crippen molar-refractivity contribution >= 4 is 17.3 Å². The Balaban J connectivity index is 2.90. The van der Waals surface area contributed by atoms with Crippen molar-refractivity contribution in [3.63, 3.8) is 0 Å². The molecule has 0 atom stereocenters. The highest BCUT2D eigenvalue weighted by Crippen LogP contribution is 2.27. The van der Waals surface area contributed by atoms with E-state index in [0.29, 0.717) is 18.8 Å². The number of aromatic nitrogens is 2. The van der Waals surface area contributed by atoms with Gasteiger partial charge in [0.2, 0.25) is 0 Å². The molecule has 2 N–H and O–H groups in total. The molecular formula is C13H22ClN3O2. The van der Waals surface area contributed by atoms with Crippen molar-refractivity contribution in [3.8, 4) is 0 Å². The van der Waals surface area contributed by atoms with Crippen LogP contribution in [0.15, 0.2) is 11.0 Å². The molecule has 0 unspecified atom stereocenters. The average molecular weight is 288 g/mol. The molecule has 0 fully saturated rings. The molecule has 0 radical (unpaired) electrons. The van der Waals surface area contributed by atoms with Crippen molar-refractivity contribution < 1.29 is 5.11 Å². The Labute approximate surface area is 118 Å². The van der Waals surface area contributed by atoms with Crippen LogP contribution in [0.5, 0.6) is 0 Å². The fraction of sp³-hybridized carbons (Fsp3) is 0.692. The molecule has 1 heterocycles. The summed E-state index contributed by atoms with van der Waals surface area (Å²) in [6.45, 7) is 7.07. The van der Waals surface area contributed by atoms with Gasteiger partial charge < -0.3 is 10.4 Å². The molecule has 1 aromatic heterocycles. The van der Waals surface area contributed by atoms with E-state index in [1.54, 1.807) is 6.20 Å². The summed E-state index contributed by atoms with van der Waals surface area (Å²) in [4.78, 5) is 11.8. The summed E-state index contributed by atoms with van der Waals surface area (Å²) >= 11 is 6.04. The third kappa shape index (κ3) is 3.48. The minimum absolute atomic E-state index is 0.101. The summed E-state index contributed by atoms with van der Waals surface area (Å²) < 4.78 is 1.31. The van der Waals surface area contributed by atoms with E-state index in [4.69, 9.17) is 11.6 Å². The predicted octanol–water partition coefficient (Wildman–Crippen LogP) is 2.13. The number of nitrogens with zero attached hydrogens (tertiary/aromatic N) is 2. The fourth-order valence-electron chi connectivity index (χ4n) is 1.88. The van der Waals surface area contributed by atoms with Gasteiger partial charge in [-0.25, -0.2) is 4.68 Å². The molecule has 0 saturated carbocycles. The van der Waals surface area contributed by atoms with Crippen LogP contribution in [0.4, 0.5) is 5.69 Å². The molecule has 5 nitrogen and oxygen atoms in total. The highest BCUT2D eigenvalue weighted by molar-refractivity contribution is 6.32. The minimum atomic E-state index is -0.295. The van der Waals surface area contributed by atoms with Crippen LogP contribution in [0.25, 0.3) is 0 Å². The number of aliphatic hydroxyl groups is 1. The molecule has 0 bridgehead atoms. The highest BCUT2D eigenvalue weighted by atomic mass is 35.5. The van der Waals surface area contributed by atoms with E-state index in [1.807, 2.05) is 20.8 Å². The Morgan fingerprint density at radius 3 is 2.53 bits per heavy atom. The lowest BCUT2D eigenvalue weighted by molar-refractivity contribution is 0.127. The second-order valence-electron chi connectivity index (χ2n) is 4.71. The van der Waals surface area contributed by atoms with Crippen molar-refractivity contribution in [2.45, 2.75) is 40.2 Å². The van der Waals surface area contributed by atoms with E-state index in [0.717, 1.165) is 12.8 Å². The summed E-state index contributed by atoms with van der Waals surface area (Å²) in [7, 11) is 0. The van der Waals surface area contributed by atoms with Crippen molar-refractivity contribution in [2.24, 2.45) is 5.41 Å². The first-order valence-electron chi connectivity index (χ1n) is 6.64. The summed E-state index contributed by atoms with van der Waals surface area (Å²) in [5.41, 5.74) is 0.0380. The summed E-state index contributed by atoms with van der Waals surface area (Å²) in [5, 5.41) is 16.8. The van der Waals surface area contributed by atoms with Gasteiger partial charge in [-0.05, 0) is 19.8 Å². The van der Waals surface area contributed by atoms with Gasteiger partial charge in [0.1, 0.15) is 5.02 Å². The Morgan fingerprint density at radius 1 is 1.42 bits per heavy atom. The lowest BCUT2D eigenvalue weighted by Gasteiger charge is -2.30. The van der Waals surface area contributed by atoms with E-state index in [-0.39, 0.29) is 22.6 Å². The number of hydrogen-bond acceptors (Lipinski definition) is 4. The topological polar surface area (TPSA) is 67.2 Å². The minimum Gasteiger partial charge on any atom is -0.396 e. The lowest BCUT2D eigenvalue weighted by atomic mass is 9.83. The molecule has 0 aromatic carbocycles. The molecule has 0 aliphatic rings. The maximum Gasteiger partial charge on any atom is 0.287 e. The van der Waals surface area contributed by atoms with Crippen LogP contribution >= 0.6 is 11.6 Å². The first kappa shape index (κ1) is 16.0. The van der Waals surface area contributed by atoms with Crippen LogP contribution in [-0.2, 0) is 6.54 Å². The summed E-state index contributed by atoms with van der Waals surface area (Å²) in [5.74, 6) is 0. The van der Waals surface area contributed by atoms with Crippen LogP contribution < -0.4 is 10.9 Å². The standard InChI is InChI=1S/C13H22ClN3O2/c1-4-13(5-2,9-18)8-15-10-7-16-17(6-3)12(19)11(10)14/h7,15,18H,4-6,8-9H2,1-3H3. The maximum atomic E-state index is 11.8. The van der Waals surface area contributed by atoms with Crippen molar-refractivity contribution in [3.05, 3.63) is 21.6 Å². The van der Waals surface area contributed by atoms with E-state index in [2.05, 4.69) is 10.4 Å². The fourth-order valence-corrected chi connectivity index (χ4v) is 2.09. The SMILES string of the molecule is CCn1ncc(NCC(CC)(CC)CO)c(Cl)c1=O. The van der Waals surface area contributed by atoms with Crippen LogP contribution in [0, 0.1) is 5.41 Å². The molecule has 6 heteroatoms. The van der Waals surface area contributed by atoms with Crippen LogP contribution in [0.1, 0.15) is 33.6 Å². The number of nitrogens with one attached hydrogen (secondary N) is 1. The predicted molar refractivity (Wildman–Crippen MR) is 77.8 cm³/mol. The lowest BCUT2D eigenvalue weighted by Crippen LogP contribution is -2.33. The quantitative estimate of drug-likeness (QED) is 0.806. The molecular weight excluding hydrogens is 266 g/mol. The Bertz CT molecular complexity index is 461. The Hall–Kier alpha value is -1.07. The third-order valence-electron chi connectivity index (χ3n) is 3.77. The van der Waals surface area contributed by atoms with Gasteiger partial charge in [0.05, 0.1) is 18.5 Å². The molecule has 0 aliphatic carbocycles. The van der Waals surface area contributed by atoms with Gasteiger partial charge >= 0.3 is 0 Å². The molecule has 0 amide bonds. The molecule has 0 saturated heterocycles. The largest absolute Gasteiger partial charge is 0.396 e. The maximum absolute atomic E-state index is 11.8. The third-order valence-corrected chi connectivity index (χ3v) is 4.14. The second-order valence-corrected chi connectivity index (χ2v) is 5.09. The molecule has 1 aromatic rings. The Kier molecular flexibility index (Phi) is 5.82. The van der Waals surface area contributed by atoms with Crippen LogP contribution in [0.2, 0.25) is 5.02 Å². The number of anilines is 1. The number of aliphatic hydroxyl groups excluding tert-OH is 1. The summed E-state index contributed by atoms with van der Waals surface area (Å²) in [6, 6.07) is 0. The van der Waals surface area contributed by atoms with E-state index in [9.17, 15) is 9.90 Å². The molecule has 0 aliphatic heterocycles. The van der Waals surface area contributed by atoms with Gasteiger partial charge in [-0.15, -0.1) is 0 Å². The van der Waals surface area contributed by atoms with Crippen LogP contribution in [0.3, 0.4) is 0 Å². The van der Waals surface area contributed by atoms with Crippen molar-refractivity contribution in [1.82, 2.24) is 9.78 Å². The normalized spacial score (nSPS) is 11.6. The monoisotopic (exact) mass is 287 g/mol.